The second-order valence-electron chi connectivity index (χ2n) is 5.46. The van der Waals surface area contributed by atoms with Gasteiger partial charge in [0.15, 0.2) is 0 Å². The minimum Gasteiger partial charge on any atom is -0.119 e. The average molecular weight is 328 g/mol. The summed E-state index contributed by atoms with van der Waals surface area (Å²) >= 11 is 14.5. The number of alkyl halides is 3. The largest absolute Gasteiger partial charge is 0.119 e. The van der Waals surface area contributed by atoms with Crippen LogP contribution < -0.4 is 0 Å². The van der Waals surface area contributed by atoms with Crippen molar-refractivity contribution in [1.82, 2.24) is 0 Å². The molecule has 4 aliphatic carbocycles. The van der Waals surface area contributed by atoms with E-state index >= 15 is 0 Å². The number of rotatable bonds is 0. The normalized spacial score (nSPS) is 64.4. The van der Waals surface area contributed by atoms with Gasteiger partial charge in [-0.1, -0.05) is 31.9 Å². The third-order valence-electron chi connectivity index (χ3n) is 3.86. The van der Waals surface area contributed by atoms with Crippen LogP contribution in [0.2, 0.25) is 0 Å². The van der Waals surface area contributed by atoms with Crippen LogP contribution >= 0.6 is 43.5 Å². The van der Waals surface area contributed by atoms with Gasteiger partial charge < -0.3 is 0 Å². The van der Waals surface area contributed by atoms with Gasteiger partial charge in [-0.15, -0.1) is 11.6 Å². The number of hydrogen-bond donors (Lipinski definition) is 0. The van der Waals surface area contributed by atoms with Crippen molar-refractivity contribution in [2.24, 2.45) is 5.92 Å². The molecule has 0 aromatic heterocycles. The lowest BCUT2D eigenvalue weighted by Gasteiger charge is -2.61. The Morgan fingerprint density at radius 1 is 0.923 bits per heavy atom. The summed E-state index contributed by atoms with van der Waals surface area (Å²) in [4.78, 5) is 0.104. The summed E-state index contributed by atoms with van der Waals surface area (Å²) in [7, 11) is 0. The molecule has 0 N–H and O–H groups in total. The lowest BCUT2D eigenvalue weighted by Crippen LogP contribution is -2.59. The first-order chi connectivity index (χ1) is 5.91. The molecule has 0 amide bonds. The van der Waals surface area contributed by atoms with Crippen LogP contribution in [-0.2, 0) is 0 Å². The predicted octanol–water partition coefficient (Wildman–Crippen LogP) is 4.23. The van der Waals surface area contributed by atoms with Crippen molar-refractivity contribution >= 4 is 43.5 Å². The molecule has 2 atom stereocenters. The molecule has 0 radical (unpaired) electrons. The number of hydrogen-bond acceptors (Lipinski definition) is 0. The highest BCUT2D eigenvalue weighted by molar-refractivity contribution is 9.10. The van der Waals surface area contributed by atoms with Crippen molar-refractivity contribution in [3.05, 3.63) is 0 Å². The van der Waals surface area contributed by atoms with E-state index in [0.29, 0.717) is 8.65 Å². The summed E-state index contributed by atoms with van der Waals surface area (Å²) in [5, 5.41) is 0. The van der Waals surface area contributed by atoms with Gasteiger partial charge in [-0.3, -0.25) is 0 Å². The number of halogens is 3. The fourth-order valence-corrected chi connectivity index (χ4v) is 8.58. The second-order valence-corrected chi connectivity index (χ2v) is 9.63. The SMILES string of the molecule is ClC12CC3CC(Br)(C1)CC(Br)(C3)C2. The highest BCUT2D eigenvalue weighted by Crippen LogP contribution is 2.66. The van der Waals surface area contributed by atoms with Crippen molar-refractivity contribution in [3.8, 4) is 0 Å². The Kier molecular flexibility index (Phi) is 1.82. The van der Waals surface area contributed by atoms with Gasteiger partial charge in [0, 0.05) is 13.5 Å². The summed E-state index contributed by atoms with van der Waals surface area (Å²) in [6.07, 6.45) is 7.54. The monoisotopic (exact) mass is 326 g/mol. The molecule has 4 bridgehead atoms. The van der Waals surface area contributed by atoms with Crippen molar-refractivity contribution in [2.45, 2.75) is 52.0 Å². The van der Waals surface area contributed by atoms with Gasteiger partial charge in [-0.05, 0) is 44.4 Å². The van der Waals surface area contributed by atoms with Crippen molar-refractivity contribution in [2.75, 3.05) is 0 Å². The molecule has 4 saturated carbocycles. The second kappa shape index (κ2) is 2.49. The van der Waals surface area contributed by atoms with Crippen molar-refractivity contribution in [1.29, 1.82) is 0 Å². The molecule has 74 valence electrons. The minimum absolute atomic E-state index is 0.104. The van der Waals surface area contributed by atoms with E-state index in [4.69, 9.17) is 11.6 Å². The lowest BCUT2D eigenvalue weighted by atomic mass is 9.55. The van der Waals surface area contributed by atoms with Gasteiger partial charge in [0.25, 0.3) is 0 Å². The molecule has 0 aliphatic heterocycles. The Labute approximate surface area is 101 Å². The maximum absolute atomic E-state index is 6.65. The zero-order chi connectivity index (χ0) is 9.32. The van der Waals surface area contributed by atoms with Crippen LogP contribution in [0.1, 0.15) is 38.5 Å². The van der Waals surface area contributed by atoms with E-state index in [2.05, 4.69) is 31.9 Å². The molecule has 0 nitrogen and oxygen atoms in total. The summed E-state index contributed by atoms with van der Waals surface area (Å²) in [5.41, 5.74) is 0. The molecule has 4 rings (SSSR count). The first-order valence-corrected chi connectivity index (χ1v) is 6.94. The third kappa shape index (κ3) is 1.43. The molecule has 4 aliphatic rings. The molecular formula is C10H13Br2Cl. The Morgan fingerprint density at radius 3 is 1.85 bits per heavy atom. The van der Waals surface area contributed by atoms with Crippen LogP contribution in [0.15, 0.2) is 0 Å². The molecule has 0 spiro atoms. The van der Waals surface area contributed by atoms with Crippen LogP contribution in [0.4, 0.5) is 0 Å². The van der Waals surface area contributed by atoms with E-state index in [1.807, 2.05) is 0 Å². The first kappa shape index (κ1) is 9.47. The maximum atomic E-state index is 6.65. The van der Waals surface area contributed by atoms with Gasteiger partial charge in [-0.2, -0.15) is 0 Å². The smallest absolute Gasteiger partial charge is 0.0476 e. The lowest BCUT2D eigenvalue weighted by molar-refractivity contribution is 0.0802. The average Bonchev–Trinajstić information content (AvgIpc) is 1.71. The van der Waals surface area contributed by atoms with Crippen LogP contribution in [-0.4, -0.2) is 13.5 Å². The Hall–Kier alpha value is 1.25. The van der Waals surface area contributed by atoms with Crippen LogP contribution in [0.3, 0.4) is 0 Å². The Balaban J connectivity index is 2.03. The van der Waals surface area contributed by atoms with Gasteiger partial charge >= 0.3 is 0 Å². The van der Waals surface area contributed by atoms with Crippen molar-refractivity contribution in [3.63, 3.8) is 0 Å². The molecular weight excluding hydrogens is 315 g/mol. The molecule has 0 heterocycles. The molecule has 4 fully saturated rings. The van der Waals surface area contributed by atoms with Gasteiger partial charge in [0.1, 0.15) is 0 Å². The van der Waals surface area contributed by atoms with E-state index in [9.17, 15) is 0 Å². The summed E-state index contributed by atoms with van der Waals surface area (Å²) in [5.74, 6) is 0.854. The molecule has 2 unspecified atom stereocenters. The highest BCUT2D eigenvalue weighted by atomic mass is 79.9. The van der Waals surface area contributed by atoms with Crippen LogP contribution in [0.25, 0.3) is 0 Å². The van der Waals surface area contributed by atoms with Gasteiger partial charge in [0.05, 0.1) is 0 Å². The van der Waals surface area contributed by atoms with E-state index in [-0.39, 0.29) is 4.87 Å². The minimum atomic E-state index is 0.104. The van der Waals surface area contributed by atoms with Crippen LogP contribution in [0, 0.1) is 5.92 Å². The highest BCUT2D eigenvalue weighted by Gasteiger charge is 2.61. The molecule has 0 saturated heterocycles. The van der Waals surface area contributed by atoms with Crippen LogP contribution in [0.5, 0.6) is 0 Å². The summed E-state index contributed by atoms with van der Waals surface area (Å²) < 4.78 is 0.718. The first-order valence-electron chi connectivity index (χ1n) is 4.97. The molecule has 3 heteroatoms. The molecule has 0 aromatic carbocycles. The predicted molar refractivity (Wildman–Crippen MR) is 63.1 cm³/mol. The van der Waals surface area contributed by atoms with Crippen molar-refractivity contribution < 1.29 is 0 Å². The summed E-state index contributed by atoms with van der Waals surface area (Å²) in [6, 6.07) is 0. The zero-order valence-corrected chi connectivity index (χ0v) is 11.4. The molecule has 13 heavy (non-hydrogen) atoms. The third-order valence-corrected chi connectivity index (χ3v) is 6.05. The van der Waals surface area contributed by atoms with Gasteiger partial charge in [-0.25, -0.2) is 0 Å². The Bertz CT molecular complexity index is 215. The van der Waals surface area contributed by atoms with Gasteiger partial charge in [0.2, 0.25) is 0 Å². The summed E-state index contributed by atoms with van der Waals surface area (Å²) in [6.45, 7) is 0. The van der Waals surface area contributed by atoms with E-state index in [0.717, 1.165) is 5.92 Å². The molecule has 0 aromatic rings. The Morgan fingerprint density at radius 2 is 1.46 bits per heavy atom. The topological polar surface area (TPSA) is 0 Å². The fraction of sp³-hybridized carbons (Fsp3) is 1.00. The van der Waals surface area contributed by atoms with E-state index < -0.39 is 0 Å². The standard InChI is InChI=1S/C10H13Br2Cl/c11-8-1-7-2-9(12,4-8)6-10(13,3-7)5-8/h7H,1-6H2. The quantitative estimate of drug-likeness (QED) is 0.584. The van der Waals surface area contributed by atoms with E-state index in [1.54, 1.807) is 0 Å². The maximum Gasteiger partial charge on any atom is 0.0476 e. The zero-order valence-electron chi connectivity index (χ0n) is 7.45. The van der Waals surface area contributed by atoms with E-state index in [1.165, 1.54) is 38.5 Å². The fourth-order valence-electron chi connectivity index (χ4n) is 4.09.